The van der Waals surface area contributed by atoms with Crippen LogP contribution in [-0.2, 0) is 11.2 Å². The molecule has 0 aliphatic heterocycles. The van der Waals surface area contributed by atoms with Gasteiger partial charge in [-0.05, 0) is 31.9 Å². The number of thiophene rings is 1. The monoisotopic (exact) mass is 261 g/mol. The van der Waals surface area contributed by atoms with Crippen molar-refractivity contribution in [3.8, 4) is 0 Å². The molecule has 0 radical (unpaired) electrons. The van der Waals surface area contributed by atoms with Gasteiger partial charge in [0.05, 0.1) is 10.4 Å². The Hall–Kier alpha value is -0.580. The minimum atomic E-state index is -0.364. The van der Waals surface area contributed by atoms with E-state index >= 15 is 0 Å². The first-order valence-electron chi connectivity index (χ1n) is 5.27. The summed E-state index contributed by atoms with van der Waals surface area (Å²) in [5.74, 6) is 0.0187. The van der Waals surface area contributed by atoms with Crippen molar-refractivity contribution in [2.24, 2.45) is 0 Å². The molecule has 0 bridgehead atoms. The Bertz CT molecular complexity index is 338. The van der Waals surface area contributed by atoms with Crippen LogP contribution in [0.15, 0.2) is 12.1 Å². The summed E-state index contributed by atoms with van der Waals surface area (Å²) in [5.41, 5.74) is 0. The molecule has 1 aromatic rings. The van der Waals surface area contributed by atoms with Gasteiger partial charge < -0.3 is 10.4 Å². The van der Waals surface area contributed by atoms with E-state index in [1.54, 1.807) is 6.92 Å². The van der Waals surface area contributed by atoms with Crippen LogP contribution in [0, 0.1) is 0 Å². The lowest BCUT2D eigenvalue weighted by atomic mass is 10.2. The number of carbonyl (C=O) groups excluding carboxylic acids is 1. The van der Waals surface area contributed by atoms with E-state index in [9.17, 15) is 4.79 Å². The summed E-state index contributed by atoms with van der Waals surface area (Å²) in [5, 5.41) is 11.8. The Morgan fingerprint density at radius 3 is 2.94 bits per heavy atom. The van der Waals surface area contributed by atoms with E-state index in [0.29, 0.717) is 19.4 Å². The van der Waals surface area contributed by atoms with Gasteiger partial charge in [-0.1, -0.05) is 11.6 Å². The second-order valence-corrected chi connectivity index (χ2v) is 5.49. The molecule has 0 saturated heterocycles. The Labute approximate surface area is 104 Å². The topological polar surface area (TPSA) is 49.3 Å². The molecule has 3 nitrogen and oxygen atoms in total. The van der Waals surface area contributed by atoms with Crippen molar-refractivity contribution in [3.63, 3.8) is 0 Å². The molecule has 0 spiro atoms. The summed E-state index contributed by atoms with van der Waals surface area (Å²) in [6.45, 7) is 2.24. The van der Waals surface area contributed by atoms with Crippen molar-refractivity contribution in [2.45, 2.75) is 32.3 Å². The van der Waals surface area contributed by atoms with Gasteiger partial charge in [-0.2, -0.15) is 0 Å². The third-order valence-corrected chi connectivity index (χ3v) is 3.40. The van der Waals surface area contributed by atoms with E-state index < -0.39 is 0 Å². The molecule has 1 atom stereocenters. The summed E-state index contributed by atoms with van der Waals surface area (Å²) < 4.78 is 0.754. The highest BCUT2D eigenvalue weighted by Gasteiger charge is 2.04. The number of amides is 1. The third-order valence-electron chi connectivity index (χ3n) is 2.11. The van der Waals surface area contributed by atoms with Crippen molar-refractivity contribution in [1.82, 2.24) is 5.32 Å². The number of halogens is 1. The fourth-order valence-electron chi connectivity index (χ4n) is 1.23. The van der Waals surface area contributed by atoms with Crippen LogP contribution in [0.25, 0.3) is 0 Å². The average molecular weight is 262 g/mol. The van der Waals surface area contributed by atoms with Crippen LogP contribution in [0.5, 0.6) is 0 Å². The van der Waals surface area contributed by atoms with Gasteiger partial charge in [0, 0.05) is 17.8 Å². The van der Waals surface area contributed by atoms with Crippen molar-refractivity contribution >= 4 is 28.8 Å². The minimum Gasteiger partial charge on any atom is -0.393 e. The van der Waals surface area contributed by atoms with Crippen LogP contribution in [0.4, 0.5) is 0 Å². The van der Waals surface area contributed by atoms with Crippen LogP contribution in [0.1, 0.15) is 24.6 Å². The molecular weight excluding hydrogens is 246 g/mol. The number of hydrogen-bond donors (Lipinski definition) is 2. The molecule has 0 aliphatic rings. The van der Waals surface area contributed by atoms with Gasteiger partial charge in [0.2, 0.25) is 5.91 Å². The van der Waals surface area contributed by atoms with E-state index in [4.69, 9.17) is 16.7 Å². The molecule has 1 rings (SSSR count). The van der Waals surface area contributed by atoms with E-state index in [1.165, 1.54) is 11.3 Å². The number of hydrogen-bond acceptors (Lipinski definition) is 3. The molecule has 0 saturated carbocycles. The SMILES string of the molecule is CC(O)CCNC(=O)CCc1ccc(Cl)s1. The molecule has 1 aromatic heterocycles. The van der Waals surface area contributed by atoms with Gasteiger partial charge in [0.15, 0.2) is 0 Å². The number of nitrogens with one attached hydrogen (secondary N) is 1. The number of aliphatic hydroxyl groups is 1. The highest BCUT2D eigenvalue weighted by Crippen LogP contribution is 2.22. The largest absolute Gasteiger partial charge is 0.393 e. The Morgan fingerprint density at radius 2 is 2.38 bits per heavy atom. The van der Waals surface area contributed by atoms with Gasteiger partial charge in [0.1, 0.15) is 0 Å². The quantitative estimate of drug-likeness (QED) is 0.825. The summed E-state index contributed by atoms with van der Waals surface area (Å²) in [7, 11) is 0. The first-order valence-corrected chi connectivity index (χ1v) is 6.46. The second kappa shape index (κ2) is 6.89. The van der Waals surface area contributed by atoms with Crippen LogP contribution < -0.4 is 5.32 Å². The van der Waals surface area contributed by atoms with Crippen LogP contribution in [0.3, 0.4) is 0 Å². The maximum Gasteiger partial charge on any atom is 0.220 e. The molecule has 1 heterocycles. The molecule has 0 aliphatic carbocycles. The molecule has 1 amide bonds. The molecule has 1 unspecified atom stereocenters. The molecule has 16 heavy (non-hydrogen) atoms. The van der Waals surface area contributed by atoms with Gasteiger partial charge in [-0.15, -0.1) is 11.3 Å². The van der Waals surface area contributed by atoms with Gasteiger partial charge in [-0.3, -0.25) is 4.79 Å². The highest BCUT2D eigenvalue weighted by molar-refractivity contribution is 7.16. The Kier molecular flexibility index (Phi) is 5.80. The molecule has 90 valence electrons. The van der Waals surface area contributed by atoms with E-state index in [1.807, 2.05) is 12.1 Å². The highest BCUT2D eigenvalue weighted by atomic mass is 35.5. The zero-order chi connectivity index (χ0) is 12.0. The predicted molar refractivity (Wildman–Crippen MR) is 67.0 cm³/mol. The number of aryl methyl sites for hydroxylation is 1. The average Bonchev–Trinajstić information content (AvgIpc) is 2.61. The maximum absolute atomic E-state index is 11.4. The standard InChI is InChI=1S/C11H16ClNO2S/c1-8(14)6-7-13-11(15)5-3-9-2-4-10(12)16-9/h2,4,8,14H,3,5-7H2,1H3,(H,13,15). The molecule has 2 N–H and O–H groups in total. The van der Waals surface area contributed by atoms with Crippen molar-refractivity contribution in [3.05, 3.63) is 21.3 Å². The Balaban J connectivity index is 2.15. The zero-order valence-corrected chi connectivity index (χ0v) is 10.8. The first kappa shape index (κ1) is 13.5. The number of rotatable bonds is 6. The van der Waals surface area contributed by atoms with E-state index in [-0.39, 0.29) is 12.0 Å². The Morgan fingerprint density at radius 1 is 1.62 bits per heavy atom. The normalized spacial score (nSPS) is 12.4. The molecule has 0 aromatic carbocycles. The third kappa shape index (κ3) is 5.49. The first-order chi connectivity index (χ1) is 7.58. The number of carbonyl (C=O) groups is 1. The van der Waals surface area contributed by atoms with Gasteiger partial charge >= 0.3 is 0 Å². The predicted octanol–water partition coefficient (Wildman–Crippen LogP) is 2.22. The summed E-state index contributed by atoms with van der Waals surface area (Å²) in [6.07, 6.45) is 1.42. The van der Waals surface area contributed by atoms with Crippen molar-refractivity contribution in [1.29, 1.82) is 0 Å². The van der Waals surface area contributed by atoms with Crippen molar-refractivity contribution < 1.29 is 9.90 Å². The van der Waals surface area contributed by atoms with E-state index in [0.717, 1.165) is 15.6 Å². The van der Waals surface area contributed by atoms with Gasteiger partial charge in [0.25, 0.3) is 0 Å². The minimum absolute atomic E-state index is 0.0187. The molecular formula is C11H16ClNO2S. The summed E-state index contributed by atoms with van der Waals surface area (Å²) in [6, 6.07) is 3.78. The number of aliphatic hydroxyl groups excluding tert-OH is 1. The lowest BCUT2D eigenvalue weighted by Gasteiger charge is -2.06. The fourth-order valence-corrected chi connectivity index (χ4v) is 2.32. The summed E-state index contributed by atoms with van der Waals surface area (Å²) in [4.78, 5) is 12.5. The lowest BCUT2D eigenvalue weighted by Crippen LogP contribution is -2.26. The van der Waals surface area contributed by atoms with Crippen LogP contribution in [-0.4, -0.2) is 23.7 Å². The molecule has 0 fully saturated rings. The maximum atomic E-state index is 11.4. The lowest BCUT2D eigenvalue weighted by molar-refractivity contribution is -0.121. The second-order valence-electron chi connectivity index (χ2n) is 3.69. The van der Waals surface area contributed by atoms with E-state index in [2.05, 4.69) is 5.32 Å². The smallest absolute Gasteiger partial charge is 0.220 e. The molecule has 5 heteroatoms. The fraction of sp³-hybridized carbons (Fsp3) is 0.545. The van der Waals surface area contributed by atoms with Crippen molar-refractivity contribution in [2.75, 3.05) is 6.54 Å². The van der Waals surface area contributed by atoms with Gasteiger partial charge in [-0.25, -0.2) is 0 Å². The summed E-state index contributed by atoms with van der Waals surface area (Å²) >= 11 is 7.29. The van der Waals surface area contributed by atoms with Crippen LogP contribution >= 0.6 is 22.9 Å². The van der Waals surface area contributed by atoms with Crippen LogP contribution in [0.2, 0.25) is 4.34 Å². The zero-order valence-electron chi connectivity index (χ0n) is 9.20.